The van der Waals surface area contributed by atoms with E-state index in [1.165, 1.54) is 0 Å². The van der Waals surface area contributed by atoms with Gasteiger partial charge < -0.3 is 15.8 Å². The molecular formula is C9H15N3O. The van der Waals surface area contributed by atoms with Crippen molar-refractivity contribution in [2.75, 3.05) is 24.7 Å². The first-order valence-corrected chi connectivity index (χ1v) is 4.20. The van der Waals surface area contributed by atoms with E-state index in [2.05, 4.69) is 10.3 Å². The number of nitrogens with two attached hydrogens (primary N) is 1. The van der Waals surface area contributed by atoms with Crippen LogP contribution in [-0.2, 0) is 4.74 Å². The lowest BCUT2D eigenvalue weighted by molar-refractivity contribution is 0.129. The molecule has 1 rings (SSSR count). The third-order valence-electron chi connectivity index (χ3n) is 1.78. The summed E-state index contributed by atoms with van der Waals surface area (Å²) in [6, 6.07) is 3.67. The van der Waals surface area contributed by atoms with Crippen molar-refractivity contribution < 1.29 is 4.74 Å². The van der Waals surface area contributed by atoms with E-state index in [0.29, 0.717) is 5.82 Å². The number of aromatic nitrogens is 1. The van der Waals surface area contributed by atoms with Crippen molar-refractivity contribution in [1.82, 2.24) is 4.98 Å². The van der Waals surface area contributed by atoms with E-state index in [1.54, 1.807) is 19.4 Å². The predicted molar refractivity (Wildman–Crippen MR) is 53.6 cm³/mol. The largest absolute Gasteiger partial charge is 0.384 e. The fourth-order valence-electron chi connectivity index (χ4n) is 0.903. The molecule has 0 bridgehead atoms. The number of hydrogen-bond acceptors (Lipinski definition) is 4. The summed E-state index contributed by atoms with van der Waals surface area (Å²) in [7, 11) is 1.69. The van der Waals surface area contributed by atoms with Crippen LogP contribution in [-0.4, -0.2) is 24.7 Å². The summed E-state index contributed by atoms with van der Waals surface area (Å²) in [4.78, 5) is 3.89. The Bertz CT molecular complexity index is 265. The molecule has 1 aromatic rings. The highest BCUT2D eigenvalue weighted by molar-refractivity contribution is 5.49. The van der Waals surface area contributed by atoms with Crippen LogP contribution in [0.3, 0.4) is 0 Å². The molecule has 3 N–H and O–H groups in total. The molecule has 1 heterocycles. The molecule has 1 atom stereocenters. The van der Waals surface area contributed by atoms with Crippen molar-refractivity contribution in [3.05, 3.63) is 18.3 Å². The smallest absolute Gasteiger partial charge is 0.125 e. The molecule has 0 aliphatic carbocycles. The summed E-state index contributed by atoms with van der Waals surface area (Å²) in [5, 5.41) is 3.19. The minimum atomic E-state index is 0.189. The van der Waals surface area contributed by atoms with Gasteiger partial charge in [-0.2, -0.15) is 0 Å². The fraction of sp³-hybridized carbons (Fsp3) is 0.444. The lowest BCUT2D eigenvalue weighted by Crippen LogP contribution is -2.18. The van der Waals surface area contributed by atoms with Crippen LogP contribution in [0.1, 0.15) is 6.92 Å². The monoisotopic (exact) mass is 181 g/mol. The van der Waals surface area contributed by atoms with Crippen LogP contribution in [0.2, 0.25) is 0 Å². The van der Waals surface area contributed by atoms with Crippen molar-refractivity contribution in [3.63, 3.8) is 0 Å². The van der Waals surface area contributed by atoms with Crippen LogP contribution in [0.15, 0.2) is 18.3 Å². The molecule has 0 fully saturated rings. The lowest BCUT2D eigenvalue weighted by Gasteiger charge is -2.11. The molecular weight excluding hydrogens is 166 g/mol. The topological polar surface area (TPSA) is 60.2 Å². The van der Waals surface area contributed by atoms with Crippen LogP contribution < -0.4 is 11.1 Å². The molecule has 0 saturated carbocycles. The molecule has 72 valence electrons. The van der Waals surface area contributed by atoms with Gasteiger partial charge in [-0.3, -0.25) is 0 Å². The Labute approximate surface area is 78.1 Å². The van der Waals surface area contributed by atoms with Crippen molar-refractivity contribution >= 4 is 11.5 Å². The molecule has 1 unspecified atom stereocenters. The second-order valence-electron chi connectivity index (χ2n) is 2.90. The minimum Gasteiger partial charge on any atom is -0.384 e. The van der Waals surface area contributed by atoms with Gasteiger partial charge in [0.2, 0.25) is 0 Å². The lowest BCUT2D eigenvalue weighted by atomic mass is 10.3. The number of hydrogen-bond donors (Lipinski definition) is 2. The second-order valence-corrected chi connectivity index (χ2v) is 2.90. The van der Waals surface area contributed by atoms with Crippen LogP contribution in [0.4, 0.5) is 11.5 Å². The highest BCUT2D eigenvalue weighted by Gasteiger charge is 1.98. The van der Waals surface area contributed by atoms with Gasteiger partial charge in [0.05, 0.1) is 6.10 Å². The molecule has 0 aliphatic rings. The van der Waals surface area contributed by atoms with Gasteiger partial charge in [0, 0.05) is 31.6 Å². The number of nitrogen functional groups attached to an aromatic ring is 1. The first kappa shape index (κ1) is 9.80. The van der Waals surface area contributed by atoms with E-state index < -0.39 is 0 Å². The molecule has 0 amide bonds. The SMILES string of the molecule is COC(C)CNc1ccnc(N)c1. The maximum absolute atomic E-state index is 5.52. The summed E-state index contributed by atoms with van der Waals surface area (Å²) >= 11 is 0. The van der Waals surface area contributed by atoms with E-state index in [4.69, 9.17) is 10.5 Å². The zero-order valence-corrected chi connectivity index (χ0v) is 7.95. The average Bonchev–Trinajstić information content (AvgIpc) is 2.14. The van der Waals surface area contributed by atoms with E-state index in [1.807, 2.05) is 13.0 Å². The summed E-state index contributed by atoms with van der Waals surface area (Å²) in [5.41, 5.74) is 6.48. The molecule has 4 nitrogen and oxygen atoms in total. The molecule has 0 saturated heterocycles. The number of ether oxygens (including phenoxy) is 1. The first-order valence-electron chi connectivity index (χ1n) is 4.20. The zero-order chi connectivity index (χ0) is 9.68. The Balaban J connectivity index is 2.45. The highest BCUT2D eigenvalue weighted by Crippen LogP contribution is 2.08. The van der Waals surface area contributed by atoms with E-state index in [-0.39, 0.29) is 6.10 Å². The number of rotatable bonds is 4. The summed E-state index contributed by atoms with van der Waals surface area (Å²) in [5.74, 6) is 0.523. The van der Waals surface area contributed by atoms with Crippen molar-refractivity contribution in [2.45, 2.75) is 13.0 Å². The maximum Gasteiger partial charge on any atom is 0.125 e. The molecule has 1 aromatic heterocycles. The van der Waals surface area contributed by atoms with E-state index in [9.17, 15) is 0 Å². The molecule has 0 aliphatic heterocycles. The van der Waals surface area contributed by atoms with E-state index >= 15 is 0 Å². The number of nitrogens with zero attached hydrogens (tertiary/aromatic N) is 1. The normalized spacial score (nSPS) is 12.5. The third kappa shape index (κ3) is 3.29. The van der Waals surface area contributed by atoms with Crippen molar-refractivity contribution in [1.29, 1.82) is 0 Å². The highest BCUT2D eigenvalue weighted by atomic mass is 16.5. The summed E-state index contributed by atoms with van der Waals surface area (Å²) in [6.45, 7) is 2.76. The number of anilines is 2. The number of methoxy groups -OCH3 is 1. The Hall–Kier alpha value is -1.29. The van der Waals surface area contributed by atoms with E-state index in [0.717, 1.165) is 12.2 Å². The molecule has 0 aromatic carbocycles. The van der Waals surface area contributed by atoms with Crippen LogP contribution in [0.5, 0.6) is 0 Å². The van der Waals surface area contributed by atoms with Gasteiger partial charge in [-0.25, -0.2) is 4.98 Å². The first-order chi connectivity index (χ1) is 6.22. The minimum absolute atomic E-state index is 0.189. The molecule has 4 heteroatoms. The third-order valence-corrected chi connectivity index (χ3v) is 1.78. The Morgan fingerprint density at radius 2 is 2.46 bits per heavy atom. The van der Waals surface area contributed by atoms with Crippen LogP contribution >= 0.6 is 0 Å². The van der Waals surface area contributed by atoms with Crippen molar-refractivity contribution in [2.24, 2.45) is 0 Å². The van der Waals surface area contributed by atoms with Gasteiger partial charge in [-0.15, -0.1) is 0 Å². The van der Waals surface area contributed by atoms with Crippen molar-refractivity contribution in [3.8, 4) is 0 Å². The van der Waals surface area contributed by atoms with Gasteiger partial charge in [-0.1, -0.05) is 0 Å². The molecule has 0 spiro atoms. The molecule has 13 heavy (non-hydrogen) atoms. The van der Waals surface area contributed by atoms with Gasteiger partial charge in [0.1, 0.15) is 5.82 Å². The van der Waals surface area contributed by atoms with Crippen LogP contribution in [0.25, 0.3) is 0 Å². The summed E-state index contributed by atoms with van der Waals surface area (Å²) < 4.78 is 5.09. The second kappa shape index (κ2) is 4.67. The maximum atomic E-state index is 5.52. The predicted octanol–water partition coefficient (Wildman–Crippen LogP) is 1.11. The summed E-state index contributed by atoms with van der Waals surface area (Å²) in [6.07, 6.45) is 1.86. The Morgan fingerprint density at radius 3 is 3.08 bits per heavy atom. The standard InChI is InChI=1S/C9H15N3O/c1-7(13-2)6-12-8-3-4-11-9(10)5-8/h3-5,7H,6H2,1-2H3,(H3,10,11,12). The Morgan fingerprint density at radius 1 is 1.69 bits per heavy atom. The van der Waals surface area contributed by atoms with Gasteiger partial charge in [0.15, 0.2) is 0 Å². The average molecular weight is 181 g/mol. The molecule has 0 radical (unpaired) electrons. The van der Waals surface area contributed by atoms with Gasteiger partial charge in [-0.05, 0) is 13.0 Å². The Kier molecular flexibility index (Phi) is 3.52. The fourth-order valence-corrected chi connectivity index (χ4v) is 0.903. The number of nitrogens with one attached hydrogen (secondary N) is 1. The number of pyridine rings is 1. The zero-order valence-electron chi connectivity index (χ0n) is 7.95. The quantitative estimate of drug-likeness (QED) is 0.730. The van der Waals surface area contributed by atoms with Gasteiger partial charge in [0.25, 0.3) is 0 Å². The van der Waals surface area contributed by atoms with Crippen LogP contribution in [0, 0.1) is 0 Å². The van der Waals surface area contributed by atoms with Gasteiger partial charge >= 0.3 is 0 Å².